The van der Waals surface area contributed by atoms with Gasteiger partial charge in [-0.25, -0.2) is 18.7 Å². The smallest absolute Gasteiger partial charge is 0.273 e. The van der Waals surface area contributed by atoms with Crippen molar-refractivity contribution in [1.82, 2.24) is 14.5 Å². The number of anilines is 1. The van der Waals surface area contributed by atoms with E-state index < -0.39 is 22.5 Å². The third-order valence-electron chi connectivity index (χ3n) is 4.89. The first-order chi connectivity index (χ1) is 15.3. The summed E-state index contributed by atoms with van der Waals surface area (Å²) >= 11 is 0.979. The third kappa shape index (κ3) is 4.33. The van der Waals surface area contributed by atoms with Gasteiger partial charge >= 0.3 is 0 Å². The highest BCUT2D eigenvalue weighted by Gasteiger charge is 2.24. The maximum Gasteiger partial charge on any atom is 0.273 e. The molecule has 8 nitrogen and oxygen atoms in total. The summed E-state index contributed by atoms with van der Waals surface area (Å²) in [6, 6.07) is 6.11. The molecule has 11 heteroatoms. The first-order valence-electron chi connectivity index (χ1n) is 9.61. The molecule has 4 aromatic rings. The molecule has 0 spiro atoms. The van der Waals surface area contributed by atoms with E-state index in [0.717, 1.165) is 23.5 Å². The minimum Gasteiger partial charge on any atom is -0.337 e. The SMILES string of the molecule is Cc1ccc(C(=O)N(CCCn2ccnc2)c2nc3c(F)cc(F)cc3s2)cc1[N+](=O)[O-]. The van der Waals surface area contributed by atoms with Crippen molar-refractivity contribution in [3.63, 3.8) is 0 Å². The quantitative estimate of drug-likeness (QED) is 0.296. The number of imidazole rings is 1. The predicted molar refractivity (Wildman–Crippen MR) is 116 cm³/mol. The summed E-state index contributed by atoms with van der Waals surface area (Å²) in [6.45, 7) is 2.36. The van der Waals surface area contributed by atoms with Gasteiger partial charge < -0.3 is 4.57 Å². The van der Waals surface area contributed by atoms with Crippen LogP contribution in [0.3, 0.4) is 0 Å². The molecule has 164 valence electrons. The van der Waals surface area contributed by atoms with Crippen LogP contribution in [0.15, 0.2) is 49.1 Å². The van der Waals surface area contributed by atoms with E-state index in [0.29, 0.717) is 18.5 Å². The number of aryl methyl sites for hydroxylation is 2. The van der Waals surface area contributed by atoms with Gasteiger partial charge in [0.2, 0.25) is 0 Å². The molecule has 2 heterocycles. The van der Waals surface area contributed by atoms with E-state index in [2.05, 4.69) is 9.97 Å². The first kappa shape index (κ1) is 21.5. The number of nitrogens with zero attached hydrogens (tertiary/aromatic N) is 5. The average molecular weight is 457 g/mol. The summed E-state index contributed by atoms with van der Waals surface area (Å²) in [6.07, 6.45) is 5.58. The van der Waals surface area contributed by atoms with Crippen molar-refractivity contribution in [1.29, 1.82) is 0 Å². The molecule has 0 aliphatic carbocycles. The van der Waals surface area contributed by atoms with Crippen LogP contribution < -0.4 is 4.90 Å². The van der Waals surface area contributed by atoms with Crippen molar-refractivity contribution in [2.75, 3.05) is 11.4 Å². The second kappa shape index (κ2) is 8.79. The maximum atomic E-state index is 14.2. The molecule has 0 radical (unpaired) electrons. The molecule has 0 saturated heterocycles. The predicted octanol–water partition coefficient (Wildman–Crippen LogP) is 4.72. The van der Waals surface area contributed by atoms with Gasteiger partial charge in [-0.2, -0.15) is 0 Å². The summed E-state index contributed by atoms with van der Waals surface area (Å²) in [5.74, 6) is -2.07. The number of fused-ring (bicyclic) bond motifs is 1. The van der Waals surface area contributed by atoms with Gasteiger partial charge in [0.15, 0.2) is 10.9 Å². The topological polar surface area (TPSA) is 94.2 Å². The van der Waals surface area contributed by atoms with Gasteiger partial charge in [-0.3, -0.25) is 19.8 Å². The van der Waals surface area contributed by atoms with Crippen LogP contribution >= 0.6 is 11.3 Å². The van der Waals surface area contributed by atoms with Crippen molar-refractivity contribution in [2.24, 2.45) is 0 Å². The molecule has 0 unspecified atom stereocenters. The van der Waals surface area contributed by atoms with Gasteiger partial charge in [0.25, 0.3) is 11.6 Å². The van der Waals surface area contributed by atoms with E-state index in [-0.39, 0.29) is 33.1 Å². The Balaban J connectivity index is 1.70. The number of halogens is 2. The Morgan fingerprint density at radius 2 is 2.09 bits per heavy atom. The number of rotatable bonds is 7. The van der Waals surface area contributed by atoms with Crippen molar-refractivity contribution < 1.29 is 18.5 Å². The Labute approximate surface area is 184 Å². The fourth-order valence-corrected chi connectivity index (χ4v) is 4.30. The Morgan fingerprint density at radius 3 is 2.81 bits per heavy atom. The molecule has 2 aromatic heterocycles. The number of carbonyl (C=O) groups is 1. The lowest BCUT2D eigenvalue weighted by Gasteiger charge is -2.20. The fraction of sp³-hybridized carbons (Fsp3) is 0.190. The number of hydrogen-bond acceptors (Lipinski definition) is 6. The van der Waals surface area contributed by atoms with Crippen molar-refractivity contribution in [2.45, 2.75) is 19.9 Å². The molecule has 32 heavy (non-hydrogen) atoms. The van der Waals surface area contributed by atoms with Gasteiger partial charge in [0, 0.05) is 48.7 Å². The standard InChI is InChI=1S/C21H17F2N5O3S/c1-13-3-4-14(9-17(13)28(30)31)20(29)27(7-2-6-26-8-5-24-12-26)21-25-19-16(23)10-15(22)11-18(19)32-21/h3-5,8-12H,2,6-7H2,1H3. The molecule has 1 amide bonds. The summed E-state index contributed by atoms with van der Waals surface area (Å²) in [4.78, 5) is 33.6. The highest BCUT2D eigenvalue weighted by Crippen LogP contribution is 2.32. The van der Waals surface area contributed by atoms with Crippen LogP contribution in [0.5, 0.6) is 0 Å². The van der Waals surface area contributed by atoms with E-state index in [1.165, 1.54) is 23.1 Å². The summed E-state index contributed by atoms with van der Waals surface area (Å²) < 4.78 is 29.9. The van der Waals surface area contributed by atoms with E-state index in [1.54, 1.807) is 25.6 Å². The zero-order valence-electron chi connectivity index (χ0n) is 16.9. The maximum absolute atomic E-state index is 14.2. The number of carbonyl (C=O) groups excluding carboxylic acids is 1. The highest BCUT2D eigenvalue weighted by molar-refractivity contribution is 7.22. The fourth-order valence-electron chi connectivity index (χ4n) is 3.27. The zero-order chi connectivity index (χ0) is 22.8. The van der Waals surface area contributed by atoms with Crippen LogP contribution in [-0.4, -0.2) is 31.9 Å². The van der Waals surface area contributed by atoms with E-state index in [4.69, 9.17) is 0 Å². The lowest BCUT2D eigenvalue weighted by atomic mass is 10.1. The third-order valence-corrected chi connectivity index (χ3v) is 5.91. The summed E-state index contributed by atoms with van der Waals surface area (Å²) in [5, 5.41) is 11.5. The molecule has 2 aromatic carbocycles. The molecule has 0 bridgehead atoms. The molecule has 0 aliphatic heterocycles. The minimum atomic E-state index is -0.820. The lowest BCUT2D eigenvalue weighted by Crippen LogP contribution is -2.32. The minimum absolute atomic E-state index is 0.0336. The number of benzene rings is 2. The number of thiazole rings is 1. The molecule has 0 N–H and O–H groups in total. The van der Waals surface area contributed by atoms with Crippen LogP contribution in [0.1, 0.15) is 22.3 Å². The molecular weight excluding hydrogens is 440 g/mol. The van der Waals surface area contributed by atoms with Crippen molar-refractivity contribution in [3.05, 3.63) is 81.9 Å². The number of nitro benzene ring substituents is 1. The lowest BCUT2D eigenvalue weighted by molar-refractivity contribution is -0.385. The van der Waals surface area contributed by atoms with Crippen molar-refractivity contribution in [3.8, 4) is 0 Å². The Kier molecular flexibility index (Phi) is 5.91. The molecule has 4 rings (SSSR count). The Bertz CT molecular complexity index is 1310. The number of hydrogen-bond donors (Lipinski definition) is 0. The number of amides is 1. The number of aromatic nitrogens is 3. The molecular formula is C21H17F2N5O3S. The van der Waals surface area contributed by atoms with E-state index in [1.807, 2.05) is 4.57 Å². The second-order valence-electron chi connectivity index (χ2n) is 7.10. The zero-order valence-corrected chi connectivity index (χ0v) is 17.7. The van der Waals surface area contributed by atoms with Gasteiger partial charge in [-0.15, -0.1) is 0 Å². The highest BCUT2D eigenvalue weighted by atomic mass is 32.1. The molecule has 0 saturated carbocycles. The molecule has 0 aliphatic rings. The van der Waals surface area contributed by atoms with Crippen molar-refractivity contribution >= 4 is 38.3 Å². The van der Waals surface area contributed by atoms with Gasteiger partial charge in [-0.05, 0) is 25.5 Å². The summed E-state index contributed by atoms with van der Waals surface area (Å²) in [5.41, 5.74) is 0.326. The average Bonchev–Trinajstić information content (AvgIpc) is 3.41. The van der Waals surface area contributed by atoms with Crippen LogP contribution in [0.2, 0.25) is 0 Å². The first-order valence-corrected chi connectivity index (χ1v) is 10.4. The Hall–Kier alpha value is -3.73. The second-order valence-corrected chi connectivity index (χ2v) is 8.11. The van der Waals surface area contributed by atoms with Gasteiger partial charge in [0.05, 0.1) is 16.0 Å². The van der Waals surface area contributed by atoms with Crippen LogP contribution in [0.25, 0.3) is 10.2 Å². The number of nitro groups is 1. The van der Waals surface area contributed by atoms with Crippen LogP contribution in [-0.2, 0) is 6.54 Å². The van der Waals surface area contributed by atoms with E-state index >= 15 is 0 Å². The summed E-state index contributed by atoms with van der Waals surface area (Å²) in [7, 11) is 0. The largest absolute Gasteiger partial charge is 0.337 e. The Morgan fingerprint density at radius 1 is 1.28 bits per heavy atom. The van der Waals surface area contributed by atoms with Gasteiger partial charge in [-0.1, -0.05) is 17.4 Å². The van der Waals surface area contributed by atoms with E-state index in [9.17, 15) is 23.7 Å². The van der Waals surface area contributed by atoms with Crippen LogP contribution in [0.4, 0.5) is 19.6 Å². The molecule has 0 atom stereocenters. The normalized spacial score (nSPS) is 11.1. The monoisotopic (exact) mass is 457 g/mol. The van der Waals surface area contributed by atoms with Crippen LogP contribution in [0, 0.1) is 28.7 Å². The van der Waals surface area contributed by atoms with Gasteiger partial charge in [0.1, 0.15) is 11.3 Å². The molecule has 0 fully saturated rings.